The van der Waals surface area contributed by atoms with Crippen LogP contribution in [0.15, 0.2) is 23.5 Å². The van der Waals surface area contributed by atoms with Crippen LogP contribution >= 0.6 is 0 Å². The standard InChI is InChI=1S/C23H38N8O/c1-2-24-22(30-16-18-31(19-17-30)23-25-8-5-9-26-23)27-10-11-28-12-14-29(15-13-28)21(32)20-6-3-4-7-20/h5,8-9,20H,2-4,6-7,10-19H2,1H3,(H,24,27). The smallest absolute Gasteiger partial charge is 0.225 e. The zero-order valence-corrected chi connectivity index (χ0v) is 19.5. The van der Waals surface area contributed by atoms with Crippen molar-refractivity contribution < 1.29 is 4.79 Å². The number of nitrogens with one attached hydrogen (secondary N) is 1. The van der Waals surface area contributed by atoms with E-state index in [0.717, 1.165) is 96.7 Å². The summed E-state index contributed by atoms with van der Waals surface area (Å²) in [6.45, 7) is 12.0. The van der Waals surface area contributed by atoms with E-state index in [4.69, 9.17) is 4.99 Å². The number of guanidine groups is 1. The fourth-order valence-corrected chi connectivity index (χ4v) is 4.92. The Morgan fingerprint density at radius 3 is 2.31 bits per heavy atom. The SMILES string of the molecule is CCNC(=NCCN1CCN(C(=O)C2CCCC2)CC1)N1CCN(c2ncccn2)CC1. The van der Waals surface area contributed by atoms with Crippen LogP contribution in [0.1, 0.15) is 32.6 Å². The van der Waals surface area contributed by atoms with Crippen LogP contribution in [-0.4, -0.2) is 109 Å². The van der Waals surface area contributed by atoms with E-state index in [9.17, 15) is 4.79 Å². The molecule has 1 saturated carbocycles. The quantitative estimate of drug-likeness (QED) is 0.518. The maximum atomic E-state index is 12.6. The molecule has 0 atom stereocenters. The lowest BCUT2D eigenvalue weighted by Gasteiger charge is -2.37. The van der Waals surface area contributed by atoms with Gasteiger partial charge < -0.3 is 20.0 Å². The average Bonchev–Trinajstić information content (AvgIpc) is 3.39. The predicted octanol–water partition coefficient (Wildman–Crippen LogP) is 0.899. The number of aliphatic imine (C=N–C) groups is 1. The highest BCUT2D eigenvalue weighted by atomic mass is 16.2. The van der Waals surface area contributed by atoms with Crippen molar-refractivity contribution in [2.45, 2.75) is 32.6 Å². The molecule has 0 bridgehead atoms. The predicted molar refractivity (Wildman–Crippen MR) is 127 cm³/mol. The van der Waals surface area contributed by atoms with Gasteiger partial charge in [-0.05, 0) is 25.8 Å². The molecule has 4 rings (SSSR count). The Balaban J connectivity index is 1.21. The Kier molecular flexibility index (Phi) is 8.14. The van der Waals surface area contributed by atoms with Gasteiger partial charge in [-0.3, -0.25) is 14.7 Å². The summed E-state index contributed by atoms with van der Waals surface area (Å²) < 4.78 is 0. The van der Waals surface area contributed by atoms with Gasteiger partial charge in [0.25, 0.3) is 0 Å². The highest BCUT2D eigenvalue weighted by Crippen LogP contribution is 2.26. The Morgan fingerprint density at radius 2 is 1.66 bits per heavy atom. The third-order valence-corrected chi connectivity index (χ3v) is 6.82. The van der Waals surface area contributed by atoms with Crippen LogP contribution in [0.3, 0.4) is 0 Å². The van der Waals surface area contributed by atoms with Gasteiger partial charge in [0.05, 0.1) is 6.54 Å². The lowest BCUT2D eigenvalue weighted by Crippen LogP contribution is -2.53. The van der Waals surface area contributed by atoms with Crippen LogP contribution in [-0.2, 0) is 4.79 Å². The maximum Gasteiger partial charge on any atom is 0.225 e. The number of carbonyl (C=O) groups excluding carboxylic acids is 1. The molecule has 1 aliphatic carbocycles. The third kappa shape index (κ3) is 5.88. The number of hydrogen-bond acceptors (Lipinski definition) is 6. The van der Waals surface area contributed by atoms with Gasteiger partial charge in [-0.15, -0.1) is 0 Å². The first kappa shape index (κ1) is 22.8. The van der Waals surface area contributed by atoms with Crippen LogP contribution in [0.5, 0.6) is 0 Å². The second-order valence-corrected chi connectivity index (χ2v) is 8.91. The van der Waals surface area contributed by atoms with Crippen LogP contribution in [0.25, 0.3) is 0 Å². The Morgan fingerprint density at radius 1 is 1.00 bits per heavy atom. The first-order valence-corrected chi connectivity index (χ1v) is 12.3. The van der Waals surface area contributed by atoms with E-state index in [1.54, 1.807) is 12.4 Å². The molecule has 9 heteroatoms. The van der Waals surface area contributed by atoms with Gasteiger partial charge in [0.15, 0.2) is 5.96 Å². The zero-order chi connectivity index (χ0) is 22.2. The number of aromatic nitrogens is 2. The summed E-state index contributed by atoms with van der Waals surface area (Å²) in [4.78, 5) is 35.4. The second-order valence-electron chi connectivity index (χ2n) is 8.91. The first-order valence-electron chi connectivity index (χ1n) is 12.3. The number of piperazine rings is 2. The number of nitrogens with zero attached hydrogens (tertiary/aromatic N) is 7. The average molecular weight is 443 g/mol. The minimum atomic E-state index is 0.294. The fraction of sp³-hybridized carbons (Fsp3) is 0.739. The van der Waals surface area contributed by atoms with Gasteiger partial charge >= 0.3 is 0 Å². The van der Waals surface area contributed by atoms with Crippen LogP contribution in [0, 0.1) is 5.92 Å². The summed E-state index contributed by atoms with van der Waals surface area (Å²) in [5, 5.41) is 3.45. The number of carbonyl (C=O) groups is 1. The molecule has 2 aliphatic heterocycles. The van der Waals surface area contributed by atoms with Crippen molar-refractivity contribution in [1.82, 2.24) is 30.0 Å². The minimum absolute atomic E-state index is 0.294. The van der Waals surface area contributed by atoms with Gasteiger partial charge in [0, 0.05) is 83.8 Å². The van der Waals surface area contributed by atoms with E-state index in [-0.39, 0.29) is 0 Å². The Labute approximate surface area is 191 Å². The van der Waals surface area contributed by atoms with Gasteiger partial charge in [-0.1, -0.05) is 12.8 Å². The zero-order valence-electron chi connectivity index (χ0n) is 19.5. The van der Waals surface area contributed by atoms with Crippen molar-refractivity contribution >= 4 is 17.8 Å². The molecule has 176 valence electrons. The molecule has 1 amide bonds. The van der Waals surface area contributed by atoms with E-state index >= 15 is 0 Å². The summed E-state index contributed by atoms with van der Waals surface area (Å²) in [6, 6.07) is 1.85. The topological polar surface area (TPSA) is 80.2 Å². The lowest BCUT2D eigenvalue weighted by molar-refractivity contribution is -0.137. The van der Waals surface area contributed by atoms with Crippen molar-refractivity contribution in [3.8, 4) is 0 Å². The van der Waals surface area contributed by atoms with E-state index < -0.39 is 0 Å². The van der Waals surface area contributed by atoms with E-state index in [1.807, 2.05) is 6.07 Å². The van der Waals surface area contributed by atoms with E-state index in [2.05, 4.69) is 41.8 Å². The molecule has 0 aromatic carbocycles. The summed E-state index contributed by atoms with van der Waals surface area (Å²) in [5.41, 5.74) is 0. The van der Waals surface area contributed by atoms with Crippen molar-refractivity contribution in [3.63, 3.8) is 0 Å². The largest absolute Gasteiger partial charge is 0.357 e. The third-order valence-electron chi connectivity index (χ3n) is 6.82. The van der Waals surface area contributed by atoms with E-state index in [1.165, 1.54) is 12.8 Å². The van der Waals surface area contributed by atoms with Crippen LogP contribution < -0.4 is 10.2 Å². The minimum Gasteiger partial charge on any atom is -0.357 e. The second kappa shape index (κ2) is 11.4. The van der Waals surface area contributed by atoms with Crippen LogP contribution in [0.4, 0.5) is 5.95 Å². The van der Waals surface area contributed by atoms with Gasteiger partial charge in [0.2, 0.25) is 11.9 Å². The number of anilines is 1. The maximum absolute atomic E-state index is 12.6. The van der Waals surface area contributed by atoms with Gasteiger partial charge in [0.1, 0.15) is 0 Å². The summed E-state index contributed by atoms with van der Waals surface area (Å²) in [7, 11) is 0. The lowest BCUT2D eigenvalue weighted by atomic mass is 10.1. The highest BCUT2D eigenvalue weighted by molar-refractivity contribution is 5.80. The summed E-state index contributed by atoms with van der Waals surface area (Å²) in [5.74, 6) is 2.49. The molecule has 3 heterocycles. The normalized spacial score (nSPS) is 21.3. The number of hydrogen-bond donors (Lipinski definition) is 1. The molecule has 0 radical (unpaired) electrons. The van der Waals surface area contributed by atoms with Crippen molar-refractivity contribution in [1.29, 1.82) is 0 Å². The highest BCUT2D eigenvalue weighted by Gasteiger charge is 2.29. The molecular weight excluding hydrogens is 404 g/mol. The van der Waals surface area contributed by atoms with Crippen molar-refractivity contribution in [2.75, 3.05) is 76.9 Å². The van der Waals surface area contributed by atoms with Gasteiger partial charge in [-0.25, -0.2) is 9.97 Å². The van der Waals surface area contributed by atoms with Gasteiger partial charge in [-0.2, -0.15) is 0 Å². The monoisotopic (exact) mass is 442 g/mol. The molecule has 1 N–H and O–H groups in total. The summed E-state index contributed by atoms with van der Waals surface area (Å²) in [6.07, 6.45) is 8.21. The number of rotatable bonds is 6. The van der Waals surface area contributed by atoms with E-state index in [0.29, 0.717) is 11.8 Å². The molecule has 1 aromatic rings. The van der Waals surface area contributed by atoms with Crippen molar-refractivity contribution in [2.24, 2.45) is 10.9 Å². The Hall–Kier alpha value is -2.42. The first-order chi connectivity index (χ1) is 15.7. The van der Waals surface area contributed by atoms with Crippen LogP contribution in [0.2, 0.25) is 0 Å². The molecule has 32 heavy (non-hydrogen) atoms. The molecule has 9 nitrogen and oxygen atoms in total. The molecule has 3 aliphatic rings. The fourth-order valence-electron chi connectivity index (χ4n) is 4.92. The molecule has 3 fully saturated rings. The molecule has 2 saturated heterocycles. The molecule has 1 aromatic heterocycles. The Bertz CT molecular complexity index is 736. The molecule has 0 unspecified atom stereocenters. The van der Waals surface area contributed by atoms with Crippen molar-refractivity contribution in [3.05, 3.63) is 18.5 Å². The summed E-state index contributed by atoms with van der Waals surface area (Å²) >= 11 is 0. The number of amides is 1. The molecule has 0 spiro atoms. The molecular formula is C23H38N8O.